The molecule has 0 radical (unpaired) electrons. The first-order chi connectivity index (χ1) is 9.47. The molecule has 106 valence electrons. The zero-order valence-corrected chi connectivity index (χ0v) is 13.4. The Labute approximate surface area is 127 Å². The Morgan fingerprint density at radius 1 is 1.15 bits per heavy atom. The van der Waals surface area contributed by atoms with E-state index in [9.17, 15) is 5.11 Å². The van der Waals surface area contributed by atoms with Crippen LogP contribution in [0.15, 0.2) is 41.0 Å². The van der Waals surface area contributed by atoms with E-state index >= 15 is 0 Å². The molecule has 2 aromatic rings. The number of hydrogen-bond acceptors (Lipinski definition) is 3. The predicted molar refractivity (Wildman–Crippen MR) is 83.2 cm³/mol. The number of aliphatic hydroxyl groups excluding tert-OH is 1. The van der Waals surface area contributed by atoms with E-state index in [0.29, 0.717) is 11.8 Å². The van der Waals surface area contributed by atoms with E-state index < -0.39 is 6.10 Å². The number of aromatic nitrogens is 1. The van der Waals surface area contributed by atoms with Crippen molar-refractivity contribution in [3.05, 3.63) is 52.1 Å². The summed E-state index contributed by atoms with van der Waals surface area (Å²) in [5.74, 6) is 1.69. The van der Waals surface area contributed by atoms with E-state index in [1.165, 1.54) is 0 Å². The molecule has 2 rings (SSSR count). The maximum absolute atomic E-state index is 9.47. The summed E-state index contributed by atoms with van der Waals surface area (Å²) in [6.45, 7) is 5.96. The summed E-state index contributed by atoms with van der Waals surface area (Å²) in [5.41, 5.74) is 1.90. The number of ether oxygens (including phenoxy) is 1. The summed E-state index contributed by atoms with van der Waals surface area (Å²) in [6, 6.07) is 9.54. The van der Waals surface area contributed by atoms with Crippen LogP contribution in [0.5, 0.6) is 11.6 Å². The Hall–Kier alpha value is -1.39. The van der Waals surface area contributed by atoms with Gasteiger partial charge in [0.1, 0.15) is 5.75 Å². The van der Waals surface area contributed by atoms with Crippen LogP contribution in [-0.4, -0.2) is 10.1 Å². The fraction of sp³-hybridized carbons (Fsp3) is 0.312. The third-order valence-electron chi connectivity index (χ3n) is 3.05. The molecule has 0 aliphatic carbocycles. The van der Waals surface area contributed by atoms with Crippen molar-refractivity contribution in [2.45, 2.75) is 32.8 Å². The smallest absolute Gasteiger partial charge is 0.219 e. The van der Waals surface area contributed by atoms with E-state index in [0.717, 1.165) is 21.3 Å². The van der Waals surface area contributed by atoms with Crippen molar-refractivity contribution in [2.75, 3.05) is 0 Å². The second kappa shape index (κ2) is 6.37. The molecule has 1 heterocycles. The highest BCUT2D eigenvalue weighted by atomic mass is 79.9. The molecule has 1 atom stereocenters. The average molecular weight is 336 g/mol. The number of aliphatic hydroxyl groups is 1. The van der Waals surface area contributed by atoms with Crippen molar-refractivity contribution in [3.8, 4) is 11.6 Å². The maximum Gasteiger partial charge on any atom is 0.219 e. The van der Waals surface area contributed by atoms with Crippen LogP contribution in [0.1, 0.15) is 43.9 Å². The second-order valence-electron chi connectivity index (χ2n) is 5.04. The van der Waals surface area contributed by atoms with Crippen LogP contribution in [0, 0.1) is 0 Å². The summed E-state index contributed by atoms with van der Waals surface area (Å²) in [4.78, 5) is 4.22. The predicted octanol–water partition coefficient (Wildman–Crippen LogP) is 4.81. The molecular formula is C16H18BrNO2. The minimum atomic E-state index is -0.518. The summed E-state index contributed by atoms with van der Waals surface area (Å²) in [6.07, 6.45) is 1.11. The SMILES string of the molecule is CC(C)c1cc(Br)ccc1Oc1ccc([C@@H](C)O)cn1. The Morgan fingerprint density at radius 2 is 1.90 bits per heavy atom. The maximum atomic E-state index is 9.47. The van der Waals surface area contributed by atoms with E-state index in [-0.39, 0.29) is 0 Å². The minimum absolute atomic E-state index is 0.360. The van der Waals surface area contributed by atoms with E-state index in [2.05, 4.69) is 40.8 Å². The van der Waals surface area contributed by atoms with Gasteiger partial charge >= 0.3 is 0 Å². The molecule has 0 spiro atoms. The number of benzene rings is 1. The second-order valence-corrected chi connectivity index (χ2v) is 5.96. The summed E-state index contributed by atoms with van der Waals surface area (Å²) in [7, 11) is 0. The van der Waals surface area contributed by atoms with Gasteiger partial charge in [0.15, 0.2) is 0 Å². The number of pyridine rings is 1. The first kappa shape index (κ1) is 15.0. The highest BCUT2D eigenvalue weighted by Crippen LogP contribution is 2.32. The number of halogens is 1. The topological polar surface area (TPSA) is 42.4 Å². The molecule has 0 saturated carbocycles. The average Bonchev–Trinajstić information content (AvgIpc) is 2.41. The minimum Gasteiger partial charge on any atom is -0.439 e. The Morgan fingerprint density at radius 3 is 2.45 bits per heavy atom. The molecular weight excluding hydrogens is 318 g/mol. The first-order valence-electron chi connectivity index (χ1n) is 6.58. The third kappa shape index (κ3) is 3.58. The van der Waals surface area contributed by atoms with E-state index in [1.807, 2.05) is 18.2 Å². The van der Waals surface area contributed by atoms with Crippen molar-refractivity contribution in [1.29, 1.82) is 0 Å². The Kier molecular flexibility index (Phi) is 4.78. The molecule has 1 aromatic heterocycles. The van der Waals surface area contributed by atoms with Gasteiger partial charge in [-0.1, -0.05) is 29.8 Å². The normalized spacial score (nSPS) is 12.5. The van der Waals surface area contributed by atoms with Crippen LogP contribution in [-0.2, 0) is 0 Å². The molecule has 0 unspecified atom stereocenters. The van der Waals surface area contributed by atoms with Crippen molar-refractivity contribution >= 4 is 15.9 Å². The van der Waals surface area contributed by atoms with Crippen molar-refractivity contribution in [2.24, 2.45) is 0 Å². The zero-order valence-electron chi connectivity index (χ0n) is 11.8. The molecule has 0 aliphatic rings. The lowest BCUT2D eigenvalue weighted by molar-refractivity contribution is 0.198. The standard InChI is InChI=1S/C16H18BrNO2/c1-10(2)14-8-13(17)5-6-15(14)20-16-7-4-12(9-18-16)11(3)19/h4-11,19H,1-3H3/t11-/m1/s1. The first-order valence-corrected chi connectivity index (χ1v) is 7.38. The van der Waals surface area contributed by atoms with E-state index in [4.69, 9.17) is 4.74 Å². The van der Waals surface area contributed by atoms with Crippen molar-refractivity contribution in [1.82, 2.24) is 4.98 Å². The van der Waals surface area contributed by atoms with Crippen LogP contribution in [0.25, 0.3) is 0 Å². The van der Waals surface area contributed by atoms with Gasteiger partial charge in [-0.3, -0.25) is 0 Å². The highest BCUT2D eigenvalue weighted by molar-refractivity contribution is 9.10. The molecule has 0 amide bonds. The van der Waals surface area contributed by atoms with Crippen LogP contribution in [0.4, 0.5) is 0 Å². The highest BCUT2D eigenvalue weighted by Gasteiger charge is 2.10. The molecule has 1 N–H and O–H groups in total. The Balaban J connectivity index is 2.25. The van der Waals surface area contributed by atoms with Gasteiger partial charge in [0, 0.05) is 16.7 Å². The molecule has 0 saturated heterocycles. The summed E-state index contributed by atoms with van der Waals surface area (Å²) >= 11 is 3.48. The quantitative estimate of drug-likeness (QED) is 0.871. The largest absolute Gasteiger partial charge is 0.439 e. The van der Waals surface area contributed by atoms with Gasteiger partial charge in [-0.2, -0.15) is 0 Å². The van der Waals surface area contributed by atoms with Gasteiger partial charge in [0.05, 0.1) is 6.10 Å². The van der Waals surface area contributed by atoms with E-state index in [1.54, 1.807) is 19.2 Å². The molecule has 0 bridgehead atoms. The lowest BCUT2D eigenvalue weighted by Gasteiger charge is -2.14. The van der Waals surface area contributed by atoms with Gasteiger partial charge in [0.25, 0.3) is 0 Å². The van der Waals surface area contributed by atoms with Gasteiger partial charge in [-0.15, -0.1) is 0 Å². The monoisotopic (exact) mass is 335 g/mol. The zero-order chi connectivity index (χ0) is 14.7. The molecule has 20 heavy (non-hydrogen) atoms. The van der Waals surface area contributed by atoms with Gasteiger partial charge in [-0.05, 0) is 48.2 Å². The van der Waals surface area contributed by atoms with Crippen LogP contribution in [0.2, 0.25) is 0 Å². The number of rotatable bonds is 4. The molecule has 0 aliphatic heterocycles. The van der Waals surface area contributed by atoms with Crippen molar-refractivity contribution < 1.29 is 9.84 Å². The number of nitrogens with zero attached hydrogens (tertiary/aromatic N) is 1. The van der Waals surface area contributed by atoms with Crippen LogP contribution >= 0.6 is 15.9 Å². The fourth-order valence-electron chi connectivity index (χ4n) is 1.88. The lowest BCUT2D eigenvalue weighted by Crippen LogP contribution is -1.97. The molecule has 4 heteroatoms. The molecule has 3 nitrogen and oxygen atoms in total. The van der Waals surface area contributed by atoms with Crippen molar-refractivity contribution in [3.63, 3.8) is 0 Å². The molecule has 0 fully saturated rings. The Bertz CT molecular complexity index is 580. The summed E-state index contributed by atoms with van der Waals surface area (Å²) < 4.78 is 6.88. The third-order valence-corrected chi connectivity index (χ3v) is 3.54. The number of hydrogen-bond donors (Lipinski definition) is 1. The fourth-order valence-corrected chi connectivity index (χ4v) is 2.25. The lowest BCUT2D eigenvalue weighted by atomic mass is 10.0. The van der Waals surface area contributed by atoms with Gasteiger partial charge < -0.3 is 9.84 Å². The molecule has 1 aromatic carbocycles. The van der Waals surface area contributed by atoms with Crippen LogP contribution in [0.3, 0.4) is 0 Å². The van der Waals surface area contributed by atoms with Gasteiger partial charge in [-0.25, -0.2) is 4.98 Å². The van der Waals surface area contributed by atoms with Gasteiger partial charge in [0.2, 0.25) is 5.88 Å². The summed E-state index contributed by atoms with van der Waals surface area (Å²) in [5, 5.41) is 9.47. The van der Waals surface area contributed by atoms with Crippen LogP contribution < -0.4 is 4.74 Å².